The molecule has 0 unspecified atom stereocenters. The van der Waals surface area contributed by atoms with Crippen LogP contribution in [-0.2, 0) is 24.1 Å². The smallest absolute Gasteiger partial charge is 0.227 e. The van der Waals surface area contributed by atoms with E-state index in [1.54, 1.807) is 0 Å². The molecule has 3 aromatic rings. The summed E-state index contributed by atoms with van der Waals surface area (Å²) >= 11 is 16.6. The van der Waals surface area contributed by atoms with Crippen molar-refractivity contribution in [3.63, 3.8) is 0 Å². The summed E-state index contributed by atoms with van der Waals surface area (Å²) in [5, 5.41) is 17.4. The van der Waals surface area contributed by atoms with Gasteiger partial charge in [-0.05, 0) is 102 Å². The Balaban J connectivity index is 1.57. The maximum atomic E-state index is 13.6. The van der Waals surface area contributed by atoms with Gasteiger partial charge in [-0.25, -0.2) is 0 Å². The number of amides is 1. The first-order chi connectivity index (χ1) is 23.2. The predicted octanol–water partition coefficient (Wildman–Crippen LogP) is 8.21. The molecule has 0 aliphatic carbocycles. The minimum Gasteiger partial charge on any atom is -0.361 e. The molecule has 0 saturated carbocycles. The van der Waals surface area contributed by atoms with E-state index >= 15 is 0 Å². The van der Waals surface area contributed by atoms with Gasteiger partial charge in [0.15, 0.2) is 10.2 Å². The van der Waals surface area contributed by atoms with E-state index in [4.69, 9.17) is 36.7 Å². The van der Waals surface area contributed by atoms with Gasteiger partial charge in [0.05, 0.1) is 11.4 Å². The van der Waals surface area contributed by atoms with Gasteiger partial charge in [0.1, 0.15) is 0 Å². The first kappa shape index (κ1) is 39.8. The van der Waals surface area contributed by atoms with Crippen molar-refractivity contribution in [2.75, 3.05) is 42.1 Å². The maximum absolute atomic E-state index is 13.6. The Morgan fingerprint density at radius 2 is 0.980 bits per heavy atom. The molecule has 0 atom stereocenters. The van der Waals surface area contributed by atoms with Crippen LogP contribution in [0.15, 0.2) is 72.8 Å². The number of anilines is 3. The van der Waals surface area contributed by atoms with Crippen molar-refractivity contribution in [3.8, 4) is 0 Å². The normalized spacial score (nSPS) is 11.2. The number of nitrogens with one attached hydrogen (secondary N) is 5. The van der Waals surface area contributed by atoms with Gasteiger partial charge in [-0.3, -0.25) is 4.79 Å². The van der Waals surface area contributed by atoms with Gasteiger partial charge in [0.25, 0.3) is 0 Å². The number of carbonyl (C=O) groups excluding carboxylic acids is 1. The van der Waals surface area contributed by atoms with Crippen LogP contribution in [-0.4, -0.2) is 52.2 Å². The van der Waals surface area contributed by atoms with Crippen LogP contribution in [0.4, 0.5) is 17.1 Å². The molecule has 49 heavy (non-hydrogen) atoms. The third-order valence-corrected chi connectivity index (χ3v) is 8.85. The fraction of sp³-hybridized carbons (Fsp3) is 0.436. The first-order valence-electron chi connectivity index (χ1n) is 17.1. The zero-order chi connectivity index (χ0) is 36.0. The standard InChI is InChI=1S/C39H54N6OS3/c1-27(2)24-29-8-16-33(17-9-29)43-37(48)40-20-22-45(23-21-41-38(49)44-34-18-10-30(11-19-34)25-28(3)4)35(46)26-31-12-14-32(15-13-31)42-36(47)39(5,6)7/h8-19,27-28H,20-26H2,1-7H3,(H,42,47)(H2,40,43,48)(H2,41,44,49). The van der Waals surface area contributed by atoms with Crippen LogP contribution in [0.1, 0.15) is 65.2 Å². The molecule has 10 heteroatoms. The number of hydrogen-bond acceptors (Lipinski definition) is 4. The van der Waals surface area contributed by atoms with Gasteiger partial charge < -0.3 is 31.5 Å². The van der Waals surface area contributed by atoms with Gasteiger partial charge in [-0.15, -0.1) is 0 Å². The third-order valence-electron chi connectivity index (χ3n) is 7.65. The first-order valence-corrected chi connectivity index (χ1v) is 18.4. The van der Waals surface area contributed by atoms with Crippen molar-refractivity contribution < 1.29 is 4.79 Å². The lowest BCUT2D eigenvalue weighted by molar-refractivity contribution is -0.130. The molecule has 5 N–H and O–H groups in total. The second-order valence-electron chi connectivity index (χ2n) is 14.3. The molecule has 0 heterocycles. The molecule has 0 spiro atoms. The van der Waals surface area contributed by atoms with Crippen molar-refractivity contribution in [1.29, 1.82) is 0 Å². The van der Waals surface area contributed by atoms with Crippen molar-refractivity contribution in [2.45, 2.75) is 67.7 Å². The summed E-state index contributed by atoms with van der Waals surface area (Å²) in [6, 6.07) is 24.5. The Morgan fingerprint density at radius 3 is 1.35 bits per heavy atom. The Kier molecular flexibility index (Phi) is 15.9. The fourth-order valence-corrected chi connectivity index (χ4v) is 5.58. The minimum absolute atomic E-state index is 0.0220. The Labute approximate surface area is 310 Å². The lowest BCUT2D eigenvalue weighted by atomic mass is 9.96. The number of hydrogen-bond donors (Lipinski definition) is 5. The molecule has 0 radical (unpaired) electrons. The van der Waals surface area contributed by atoms with E-state index in [0.717, 1.165) is 40.5 Å². The lowest BCUT2D eigenvalue weighted by Gasteiger charge is -2.24. The number of nitrogens with zero attached hydrogens (tertiary/aromatic N) is 1. The molecule has 264 valence electrons. The van der Waals surface area contributed by atoms with E-state index in [1.807, 2.05) is 53.4 Å². The topological polar surface area (TPSA) is 80.5 Å². The molecular weight excluding hydrogens is 665 g/mol. The zero-order valence-corrected chi connectivity index (χ0v) is 32.6. The molecule has 1 amide bonds. The molecule has 0 aromatic heterocycles. The summed E-state index contributed by atoms with van der Waals surface area (Å²) in [7, 11) is 0. The summed E-state index contributed by atoms with van der Waals surface area (Å²) < 4.78 is 0. The Bertz CT molecular complexity index is 1440. The monoisotopic (exact) mass is 718 g/mol. The zero-order valence-electron chi connectivity index (χ0n) is 30.1. The molecular formula is C39H54N6OS3. The number of rotatable bonds is 15. The minimum atomic E-state index is -0.127. The largest absolute Gasteiger partial charge is 0.361 e. The van der Waals surface area contributed by atoms with E-state index in [9.17, 15) is 4.79 Å². The fourth-order valence-electron chi connectivity index (χ4n) is 5.02. The second-order valence-corrected chi connectivity index (χ2v) is 15.5. The second kappa shape index (κ2) is 19.6. The van der Waals surface area contributed by atoms with Gasteiger partial charge in [0, 0.05) is 48.7 Å². The number of benzene rings is 3. The van der Waals surface area contributed by atoms with E-state index in [1.165, 1.54) is 11.1 Å². The molecule has 0 aliphatic rings. The van der Waals surface area contributed by atoms with Crippen LogP contribution in [0, 0.1) is 17.3 Å². The molecule has 3 rings (SSSR count). The third kappa shape index (κ3) is 15.2. The molecule has 0 bridgehead atoms. The molecule has 0 fully saturated rings. The highest BCUT2D eigenvalue weighted by atomic mass is 32.1. The van der Waals surface area contributed by atoms with Gasteiger partial charge >= 0.3 is 0 Å². The van der Waals surface area contributed by atoms with Crippen LogP contribution in [0.25, 0.3) is 0 Å². The van der Waals surface area contributed by atoms with Crippen LogP contribution in [0.5, 0.6) is 0 Å². The predicted molar refractivity (Wildman–Crippen MR) is 221 cm³/mol. The average molecular weight is 719 g/mol. The van der Waals surface area contributed by atoms with Crippen molar-refractivity contribution in [3.05, 3.63) is 89.5 Å². The molecule has 0 aliphatic heterocycles. The van der Waals surface area contributed by atoms with E-state index in [2.05, 4.69) is 99.3 Å². The lowest BCUT2D eigenvalue weighted by Crippen LogP contribution is -2.44. The summed E-state index contributed by atoms with van der Waals surface area (Å²) in [6.07, 6.45) is 2.36. The van der Waals surface area contributed by atoms with Crippen LogP contribution in [0.3, 0.4) is 0 Å². The molecule has 7 nitrogen and oxygen atoms in total. The maximum Gasteiger partial charge on any atom is 0.227 e. The van der Waals surface area contributed by atoms with E-state index < -0.39 is 0 Å². The summed E-state index contributed by atoms with van der Waals surface area (Å²) in [4.78, 5) is 16.2. The van der Waals surface area contributed by atoms with Crippen molar-refractivity contribution >= 4 is 74.8 Å². The van der Waals surface area contributed by atoms with Gasteiger partial charge in [-0.2, -0.15) is 0 Å². The molecule has 3 aromatic carbocycles. The number of carbonyl (C=O) groups is 1. The summed E-state index contributed by atoms with van der Waals surface area (Å²) in [6.45, 7) is 17.1. The highest BCUT2D eigenvalue weighted by Crippen LogP contribution is 2.20. The highest BCUT2D eigenvalue weighted by molar-refractivity contribution is 7.81. The van der Waals surface area contributed by atoms with Gasteiger partial charge in [-0.1, -0.05) is 97.1 Å². The molecule has 0 saturated heterocycles. The van der Waals surface area contributed by atoms with Crippen molar-refractivity contribution in [1.82, 2.24) is 15.5 Å². The quantitative estimate of drug-likeness (QED) is 0.1000. The number of thiocarbonyl (C=S) groups is 3. The van der Waals surface area contributed by atoms with Crippen LogP contribution >= 0.6 is 36.7 Å². The highest BCUT2D eigenvalue weighted by Gasteiger charge is 2.18. The van der Waals surface area contributed by atoms with Gasteiger partial charge in [0.2, 0.25) is 5.91 Å². The van der Waals surface area contributed by atoms with E-state index in [0.29, 0.717) is 48.2 Å². The Hall–Kier alpha value is -3.60. The SMILES string of the molecule is CC(C)Cc1ccc(NC(=S)NCCN(CCNC(=S)Nc2ccc(CC(C)C)cc2)C(=O)Cc2ccc(NC(=S)C(C)(C)C)cc2)cc1. The van der Waals surface area contributed by atoms with Crippen molar-refractivity contribution in [2.24, 2.45) is 17.3 Å². The Morgan fingerprint density at radius 1 is 0.612 bits per heavy atom. The summed E-state index contributed by atoms with van der Waals surface area (Å²) in [5.74, 6) is 1.23. The van der Waals surface area contributed by atoms with Crippen LogP contribution < -0.4 is 26.6 Å². The average Bonchev–Trinajstić information content (AvgIpc) is 3.02. The van der Waals surface area contributed by atoms with E-state index in [-0.39, 0.29) is 17.7 Å². The summed E-state index contributed by atoms with van der Waals surface area (Å²) in [5.41, 5.74) is 6.18. The van der Waals surface area contributed by atoms with Crippen LogP contribution in [0.2, 0.25) is 0 Å².